The molecule has 1 rings (SSSR count). The second-order valence-corrected chi connectivity index (χ2v) is 4.12. The normalized spacial score (nSPS) is 20.3. The fourth-order valence-corrected chi connectivity index (χ4v) is 1.57. The van der Waals surface area contributed by atoms with Gasteiger partial charge in [-0.15, -0.1) is 0 Å². The molecule has 17 heavy (non-hydrogen) atoms. The largest absolute Gasteiger partial charge is 0.368 e. The Kier molecular flexibility index (Phi) is 11.4. The molecule has 1 aliphatic heterocycles. The number of aliphatic hydroxyl groups is 1. The van der Waals surface area contributed by atoms with Crippen molar-refractivity contribution in [3.05, 3.63) is 0 Å². The molecule has 0 saturated carbocycles. The minimum Gasteiger partial charge on any atom is -0.368 e. The Hall–Kier alpha value is -0.650. The summed E-state index contributed by atoms with van der Waals surface area (Å²) in [5.74, 6) is 0. The molecular weight excluding hydrogens is 220 g/mol. The molecule has 1 aliphatic rings. The Morgan fingerprint density at radius 1 is 1.65 bits per heavy atom. The maximum atomic E-state index is 9.77. The second kappa shape index (κ2) is 11.8. The minimum absolute atomic E-state index is 0.516. The van der Waals surface area contributed by atoms with Crippen LogP contribution in [0.4, 0.5) is 0 Å². The molecule has 1 saturated heterocycles. The predicted octanol–water partition coefficient (Wildman–Crippen LogP) is 0.626. The van der Waals surface area contributed by atoms with Crippen LogP contribution in [0.25, 0.3) is 0 Å². The standard InChI is InChI=1S/C7H15NO3.C5H11N/c1-2-11-7(10)4-3-5-8-6-9;1-5-3-2-4-6-5/h6-7,10H,2-5H2,1H3,(H,8,9);5-6H,2-4H2,1H3. The number of ether oxygens (including phenoxy) is 1. The molecule has 5 heteroatoms. The van der Waals surface area contributed by atoms with Crippen molar-refractivity contribution in [1.29, 1.82) is 0 Å². The van der Waals surface area contributed by atoms with Crippen LogP contribution >= 0.6 is 0 Å². The number of carbonyl (C=O) groups is 1. The topological polar surface area (TPSA) is 70.6 Å². The van der Waals surface area contributed by atoms with Gasteiger partial charge in [0.25, 0.3) is 0 Å². The molecule has 1 fully saturated rings. The van der Waals surface area contributed by atoms with E-state index in [4.69, 9.17) is 9.84 Å². The van der Waals surface area contributed by atoms with Gasteiger partial charge in [0, 0.05) is 19.2 Å². The SMILES string of the molecule is CC1CCCN1.CCOC(O)CCCNC=O. The van der Waals surface area contributed by atoms with Crippen molar-refractivity contribution in [2.45, 2.75) is 51.9 Å². The molecule has 1 heterocycles. The summed E-state index contributed by atoms with van der Waals surface area (Å²) >= 11 is 0. The average molecular weight is 246 g/mol. The lowest BCUT2D eigenvalue weighted by molar-refractivity contribution is -0.110. The van der Waals surface area contributed by atoms with Gasteiger partial charge in [-0.25, -0.2) is 0 Å². The summed E-state index contributed by atoms with van der Waals surface area (Å²) in [6, 6.07) is 0.796. The molecule has 1 amide bonds. The molecule has 2 atom stereocenters. The molecule has 0 aromatic carbocycles. The van der Waals surface area contributed by atoms with E-state index in [1.165, 1.54) is 19.4 Å². The van der Waals surface area contributed by atoms with E-state index in [1.807, 2.05) is 6.92 Å². The van der Waals surface area contributed by atoms with Gasteiger partial charge >= 0.3 is 0 Å². The fraction of sp³-hybridized carbons (Fsp3) is 0.917. The second-order valence-electron chi connectivity index (χ2n) is 4.12. The third-order valence-corrected chi connectivity index (χ3v) is 2.52. The minimum atomic E-state index is -0.687. The van der Waals surface area contributed by atoms with Gasteiger partial charge in [0.15, 0.2) is 6.29 Å². The van der Waals surface area contributed by atoms with E-state index in [0.717, 1.165) is 12.5 Å². The zero-order valence-electron chi connectivity index (χ0n) is 10.9. The van der Waals surface area contributed by atoms with Crippen molar-refractivity contribution in [3.8, 4) is 0 Å². The number of carbonyl (C=O) groups excluding carboxylic acids is 1. The number of rotatable bonds is 7. The molecule has 3 N–H and O–H groups in total. The number of hydrogen-bond donors (Lipinski definition) is 3. The maximum Gasteiger partial charge on any atom is 0.207 e. The van der Waals surface area contributed by atoms with Crippen LogP contribution in [0.5, 0.6) is 0 Å². The molecule has 102 valence electrons. The third-order valence-electron chi connectivity index (χ3n) is 2.52. The Balaban J connectivity index is 0.000000354. The van der Waals surface area contributed by atoms with E-state index in [9.17, 15) is 4.79 Å². The maximum absolute atomic E-state index is 9.77. The van der Waals surface area contributed by atoms with E-state index in [0.29, 0.717) is 26.0 Å². The van der Waals surface area contributed by atoms with Gasteiger partial charge in [-0.3, -0.25) is 4.79 Å². The summed E-state index contributed by atoms with van der Waals surface area (Å²) in [5, 5.41) is 14.8. The summed E-state index contributed by atoms with van der Waals surface area (Å²) in [6.45, 7) is 6.40. The molecule has 0 bridgehead atoms. The van der Waals surface area contributed by atoms with Gasteiger partial charge in [-0.1, -0.05) is 0 Å². The van der Waals surface area contributed by atoms with Crippen molar-refractivity contribution in [2.75, 3.05) is 19.7 Å². The van der Waals surface area contributed by atoms with Crippen LogP contribution in [0.15, 0.2) is 0 Å². The van der Waals surface area contributed by atoms with Crippen molar-refractivity contribution < 1.29 is 14.6 Å². The third kappa shape index (κ3) is 11.6. The van der Waals surface area contributed by atoms with Crippen molar-refractivity contribution in [1.82, 2.24) is 10.6 Å². The molecule has 0 aromatic heterocycles. The average Bonchev–Trinajstić information content (AvgIpc) is 2.77. The van der Waals surface area contributed by atoms with Crippen LogP contribution in [0.1, 0.15) is 39.5 Å². The van der Waals surface area contributed by atoms with Gasteiger partial charge in [0.1, 0.15) is 0 Å². The smallest absolute Gasteiger partial charge is 0.207 e. The van der Waals surface area contributed by atoms with Gasteiger partial charge in [0.05, 0.1) is 0 Å². The first-order valence-corrected chi connectivity index (χ1v) is 6.40. The Morgan fingerprint density at radius 3 is 2.82 bits per heavy atom. The quantitative estimate of drug-likeness (QED) is 0.350. The number of nitrogens with one attached hydrogen (secondary N) is 2. The first-order chi connectivity index (χ1) is 8.20. The number of amides is 1. The van der Waals surface area contributed by atoms with E-state index >= 15 is 0 Å². The van der Waals surface area contributed by atoms with Crippen molar-refractivity contribution in [3.63, 3.8) is 0 Å². The van der Waals surface area contributed by atoms with Crippen LogP contribution in [0, 0.1) is 0 Å². The van der Waals surface area contributed by atoms with E-state index < -0.39 is 6.29 Å². The Morgan fingerprint density at radius 2 is 2.41 bits per heavy atom. The monoisotopic (exact) mass is 246 g/mol. The molecule has 0 aromatic rings. The highest BCUT2D eigenvalue weighted by Crippen LogP contribution is 2.01. The van der Waals surface area contributed by atoms with E-state index in [-0.39, 0.29) is 0 Å². The zero-order chi connectivity index (χ0) is 12.9. The van der Waals surface area contributed by atoms with Crippen molar-refractivity contribution in [2.24, 2.45) is 0 Å². The summed E-state index contributed by atoms with van der Waals surface area (Å²) in [6.07, 6.45) is 4.01. The zero-order valence-corrected chi connectivity index (χ0v) is 10.9. The van der Waals surface area contributed by atoms with Gasteiger partial charge in [-0.05, 0) is 46.1 Å². The van der Waals surface area contributed by atoms with Crippen LogP contribution < -0.4 is 10.6 Å². The summed E-state index contributed by atoms with van der Waals surface area (Å²) in [5.41, 5.74) is 0. The summed E-state index contributed by atoms with van der Waals surface area (Å²) < 4.78 is 4.86. The molecule has 0 radical (unpaired) electrons. The molecule has 0 aliphatic carbocycles. The van der Waals surface area contributed by atoms with Crippen LogP contribution in [-0.2, 0) is 9.53 Å². The highest BCUT2D eigenvalue weighted by Gasteiger charge is 2.05. The van der Waals surface area contributed by atoms with Crippen molar-refractivity contribution >= 4 is 6.41 Å². The Bertz CT molecular complexity index is 173. The van der Waals surface area contributed by atoms with Gasteiger partial charge < -0.3 is 20.5 Å². The first-order valence-electron chi connectivity index (χ1n) is 6.40. The lowest BCUT2D eigenvalue weighted by Crippen LogP contribution is -2.17. The summed E-state index contributed by atoms with van der Waals surface area (Å²) in [4.78, 5) is 9.77. The molecule has 5 nitrogen and oxygen atoms in total. The lowest BCUT2D eigenvalue weighted by atomic mass is 10.3. The molecule has 2 unspecified atom stereocenters. The van der Waals surface area contributed by atoms with E-state index in [1.54, 1.807) is 0 Å². The van der Waals surface area contributed by atoms with Gasteiger partial charge in [0.2, 0.25) is 6.41 Å². The number of hydrogen-bond acceptors (Lipinski definition) is 4. The molecule has 0 spiro atoms. The van der Waals surface area contributed by atoms with Gasteiger partial charge in [-0.2, -0.15) is 0 Å². The summed E-state index contributed by atoms with van der Waals surface area (Å²) in [7, 11) is 0. The van der Waals surface area contributed by atoms with Crippen LogP contribution in [0.2, 0.25) is 0 Å². The highest BCUT2D eigenvalue weighted by atomic mass is 16.6. The highest BCUT2D eigenvalue weighted by molar-refractivity contribution is 5.45. The molecular formula is C12H26N2O3. The van der Waals surface area contributed by atoms with Crippen LogP contribution in [0.3, 0.4) is 0 Å². The van der Waals surface area contributed by atoms with Crippen LogP contribution in [-0.4, -0.2) is 43.5 Å². The Labute approximate surface area is 104 Å². The lowest BCUT2D eigenvalue weighted by Gasteiger charge is -2.08. The predicted molar refractivity (Wildman–Crippen MR) is 67.6 cm³/mol. The van der Waals surface area contributed by atoms with E-state index in [2.05, 4.69) is 17.6 Å². The fourth-order valence-electron chi connectivity index (χ4n) is 1.57. The first kappa shape index (κ1) is 16.4. The number of aliphatic hydroxyl groups excluding tert-OH is 1.